The van der Waals surface area contributed by atoms with Crippen molar-refractivity contribution in [3.05, 3.63) is 272 Å². The molecule has 12 aromatic carbocycles. The van der Waals surface area contributed by atoms with Gasteiger partial charge in [-0.05, 0) is 136 Å². The van der Waals surface area contributed by atoms with E-state index in [0.717, 1.165) is 36.3 Å². The lowest BCUT2D eigenvalue weighted by Crippen LogP contribution is -2.61. The van der Waals surface area contributed by atoms with Crippen LogP contribution in [0.1, 0.15) is 51.7 Å². The van der Waals surface area contributed by atoms with E-state index in [4.69, 9.17) is 0 Å². The van der Waals surface area contributed by atoms with E-state index in [9.17, 15) is 0 Å². The first-order valence-electron chi connectivity index (χ1n) is 30.5. The molecule has 0 N–H and O–H groups in total. The average molecular weight is 1120 g/mol. The number of para-hydroxylation sites is 5. The number of benzene rings is 12. The predicted octanol–water partition coefficient (Wildman–Crippen LogP) is 20.3. The molecule has 6 heteroatoms. The number of anilines is 6. The molecule has 0 unspecified atom stereocenters. The number of unbranched alkanes of at least 4 members (excludes halogenated alkanes) is 1. The van der Waals surface area contributed by atoms with Crippen molar-refractivity contribution in [3.63, 3.8) is 0 Å². The molecule has 0 spiro atoms. The minimum Gasteiger partial charge on any atom is -0.311 e. The Morgan fingerprint density at radius 2 is 0.849 bits per heavy atom. The van der Waals surface area contributed by atoms with E-state index in [-0.39, 0.29) is 12.1 Å². The first-order valence-corrected chi connectivity index (χ1v) is 31.3. The molecule has 17 rings (SSSR count). The second kappa shape index (κ2) is 19.6. The maximum absolute atomic E-state index is 2.73. The molecule has 0 atom stereocenters. The average Bonchev–Trinajstić information content (AvgIpc) is 0.885. The Balaban J connectivity index is 1.03. The standard InChI is InChI=1S/C80H61BN4S/c1-5-6-24-53-45-77-64(63-33-17-22-40-76(63)86-77)50-71(53)84-72-48-55(82-67-36-18-13-29-59(67)60-30-14-19-37-68(60)82)41-43-65(72)81-66-44-42-56(83-69-38-20-15-31-61(69)62-32-16-21-39-70(62)83)49-73(66)85(75-47-54(80(2,3)4)46-74(84)78(75)81)79-57(51-25-9-7-10-26-51)34-23-35-58(79)52-27-11-8-12-28-52/h7-23,25-50H,5-6,24H2,1-4H3. The number of aryl methyl sites for hydroxylation is 1. The van der Waals surface area contributed by atoms with Crippen LogP contribution in [0.25, 0.3) is 97.4 Å². The molecule has 0 bridgehead atoms. The van der Waals surface area contributed by atoms with Crippen molar-refractivity contribution in [3.8, 4) is 33.6 Å². The normalized spacial score (nSPS) is 13.0. The van der Waals surface area contributed by atoms with Gasteiger partial charge in [-0.1, -0.05) is 216 Å². The van der Waals surface area contributed by atoms with Crippen LogP contribution in [-0.4, -0.2) is 15.8 Å². The third-order valence-electron chi connectivity index (χ3n) is 18.6. The number of nitrogens with zero attached hydrogens (tertiary/aromatic N) is 4. The van der Waals surface area contributed by atoms with Gasteiger partial charge in [0.1, 0.15) is 0 Å². The molecule has 0 fully saturated rings. The largest absolute Gasteiger partial charge is 0.311 e. The molecule has 3 aromatic heterocycles. The van der Waals surface area contributed by atoms with E-state index in [2.05, 4.69) is 307 Å². The van der Waals surface area contributed by atoms with Gasteiger partial charge in [-0.3, -0.25) is 0 Å². The summed E-state index contributed by atoms with van der Waals surface area (Å²) in [6.07, 6.45) is 3.15. The first-order chi connectivity index (χ1) is 42.3. The van der Waals surface area contributed by atoms with E-state index in [1.54, 1.807) is 0 Å². The molecule has 0 aliphatic carbocycles. The number of hydrogen-bond donors (Lipinski definition) is 0. The molecule has 0 radical (unpaired) electrons. The zero-order valence-corrected chi connectivity index (χ0v) is 49.5. The molecule has 0 amide bonds. The Kier molecular flexibility index (Phi) is 11.5. The lowest BCUT2D eigenvalue weighted by atomic mass is 9.33. The zero-order chi connectivity index (χ0) is 57.4. The summed E-state index contributed by atoms with van der Waals surface area (Å²) >= 11 is 1.92. The van der Waals surface area contributed by atoms with Crippen molar-refractivity contribution in [2.24, 2.45) is 0 Å². The SMILES string of the molecule is CCCCc1cc2sc3ccccc3c2cc1N1c2cc(-n3c4ccccc4c4ccccc43)ccc2B2c3ccc(-n4c5ccccc5c5ccccc54)cc3N(c3c(-c4ccccc4)cccc3-c3ccccc3)c3cc(C(C)(C)C)cc1c32. The fourth-order valence-corrected chi connectivity index (χ4v) is 15.8. The smallest absolute Gasteiger partial charge is 0.252 e. The molecule has 0 saturated heterocycles. The topological polar surface area (TPSA) is 16.3 Å². The summed E-state index contributed by atoms with van der Waals surface area (Å²) in [6.45, 7) is 9.37. The van der Waals surface area contributed by atoms with Gasteiger partial charge in [-0.2, -0.15) is 0 Å². The molecule has 0 saturated carbocycles. The van der Waals surface area contributed by atoms with Gasteiger partial charge in [0, 0.05) is 92.7 Å². The van der Waals surface area contributed by atoms with Gasteiger partial charge in [0.25, 0.3) is 6.71 Å². The van der Waals surface area contributed by atoms with Gasteiger partial charge in [-0.25, -0.2) is 0 Å². The Labute approximate surface area is 506 Å². The third kappa shape index (κ3) is 7.68. The molecule has 2 aliphatic rings. The Morgan fingerprint density at radius 1 is 0.384 bits per heavy atom. The molecular weight excluding hydrogens is 1060 g/mol. The lowest BCUT2D eigenvalue weighted by Gasteiger charge is -2.46. The molecule has 410 valence electrons. The number of aromatic nitrogens is 2. The summed E-state index contributed by atoms with van der Waals surface area (Å²) in [5, 5.41) is 7.61. The molecule has 15 aromatic rings. The highest BCUT2D eigenvalue weighted by Gasteiger charge is 2.46. The summed E-state index contributed by atoms with van der Waals surface area (Å²) in [5.41, 5.74) is 25.2. The minimum absolute atomic E-state index is 0.139. The van der Waals surface area contributed by atoms with Gasteiger partial charge in [-0.15, -0.1) is 11.3 Å². The van der Waals surface area contributed by atoms with E-state index in [1.165, 1.54) is 142 Å². The molecule has 2 aliphatic heterocycles. The summed E-state index contributed by atoms with van der Waals surface area (Å²) in [5.74, 6) is 0. The van der Waals surface area contributed by atoms with Gasteiger partial charge < -0.3 is 18.9 Å². The van der Waals surface area contributed by atoms with Crippen LogP contribution in [0.5, 0.6) is 0 Å². The second-order valence-electron chi connectivity index (χ2n) is 24.6. The third-order valence-corrected chi connectivity index (χ3v) is 19.8. The van der Waals surface area contributed by atoms with Crippen LogP contribution in [0.2, 0.25) is 0 Å². The van der Waals surface area contributed by atoms with Crippen LogP contribution in [0.4, 0.5) is 34.1 Å². The first kappa shape index (κ1) is 50.6. The van der Waals surface area contributed by atoms with Gasteiger partial charge in [0.15, 0.2) is 0 Å². The van der Waals surface area contributed by atoms with Crippen molar-refractivity contribution in [2.75, 3.05) is 9.80 Å². The highest BCUT2D eigenvalue weighted by Crippen LogP contribution is 2.53. The molecule has 86 heavy (non-hydrogen) atoms. The molecule has 4 nitrogen and oxygen atoms in total. The zero-order valence-electron chi connectivity index (χ0n) is 48.7. The summed E-state index contributed by atoms with van der Waals surface area (Å²) in [7, 11) is 0. The second-order valence-corrected chi connectivity index (χ2v) is 25.7. The van der Waals surface area contributed by atoms with Gasteiger partial charge in [0.05, 0.1) is 27.8 Å². The van der Waals surface area contributed by atoms with Crippen molar-refractivity contribution in [1.29, 1.82) is 0 Å². The maximum atomic E-state index is 2.73. The minimum atomic E-state index is -0.242. The van der Waals surface area contributed by atoms with Crippen molar-refractivity contribution < 1.29 is 0 Å². The van der Waals surface area contributed by atoms with E-state index in [0.29, 0.717) is 0 Å². The van der Waals surface area contributed by atoms with Gasteiger partial charge in [0.2, 0.25) is 0 Å². The fourth-order valence-electron chi connectivity index (χ4n) is 14.6. The van der Waals surface area contributed by atoms with Crippen LogP contribution in [0.15, 0.2) is 261 Å². The summed E-state index contributed by atoms with van der Waals surface area (Å²) in [6, 6.07) is 98.9. The van der Waals surface area contributed by atoms with Gasteiger partial charge >= 0.3 is 0 Å². The van der Waals surface area contributed by atoms with Crippen LogP contribution in [0.3, 0.4) is 0 Å². The van der Waals surface area contributed by atoms with E-state index < -0.39 is 0 Å². The Morgan fingerprint density at radius 3 is 1.36 bits per heavy atom. The quantitative estimate of drug-likeness (QED) is 0.134. The van der Waals surface area contributed by atoms with Crippen LogP contribution in [-0.2, 0) is 11.8 Å². The van der Waals surface area contributed by atoms with E-state index in [1.807, 2.05) is 11.3 Å². The highest BCUT2D eigenvalue weighted by atomic mass is 32.1. The fraction of sp³-hybridized carbons (Fsp3) is 0.100. The number of thiophene rings is 1. The highest BCUT2D eigenvalue weighted by molar-refractivity contribution is 7.25. The molecular formula is C80H61BN4S. The van der Waals surface area contributed by atoms with Crippen LogP contribution < -0.4 is 26.2 Å². The summed E-state index contributed by atoms with van der Waals surface area (Å²) < 4.78 is 7.65. The van der Waals surface area contributed by atoms with E-state index >= 15 is 0 Å². The predicted molar refractivity (Wildman–Crippen MR) is 370 cm³/mol. The maximum Gasteiger partial charge on any atom is 0.252 e. The van der Waals surface area contributed by atoms with Crippen LogP contribution >= 0.6 is 11.3 Å². The number of fused-ring (bicyclic) bond motifs is 13. The van der Waals surface area contributed by atoms with Crippen LogP contribution in [0, 0.1) is 0 Å². The molecule has 5 heterocycles. The number of rotatable bonds is 9. The van der Waals surface area contributed by atoms with Crippen molar-refractivity contribution >= 4 is 132 Å². The van der Waals surface area contributed by atoms with Crippen molar-refractivity contribution in [2.45, 2.75) is 52.4 Å². The Bertz CT molecular complexity index is 5070. The Hall–Kier alpha value is -9.88. The summed E-state index contributed by atoms with van der Waals surface area (Å²) in [4.78, 5) is 5.43. The monoisotopic (exact) mass is 1120 g/mol. The number of hydrogen-bond acceptors (Lipinski definition) is 3. The lowest BCUT2D eigenvalue weighted by molar-refractivity contribution is 0.590. The van der Waals surface area contributed by atoms with Crippen molar-refractivity contribution in [1.82, 2.24) is 9.13 Å².